The van der Waals surface area contributed by atoms with Gasteiger partial charge in [-0.05, 0) is 17.7 Å². The molecular formula is C20H19ClN2O3. The fourth-order valence-electron chi connectivity index (χ4n) is 2.63. The molecule has 6 heteroatoms. The Bertz CT molecular complexity index is 800. The second-order valence-corrected chi connectivity index (χ2v) is 6.16. The third-order valence-corrected chi connectivity index (χ3v) is 4.44. The van der Waals surface area contributed by atoms with Gasteiger partial charge in [0.25, 0.3) is 11.8 Å². The molecule has 1 aliphatic heterocycles. The number of carbonyl (C=O) groups excluding carboxylic acids is 2. The molecule has 0 atom stereocenters. The number of nitrogens with one attached hydrogen (secondary N) is 1. The normalized spacial score (nSPS) is 15.2. The van der Waals surface area contributed by atoms with Gasteiger partial charge in [0.15, 0.2) is 0 Å². The maximum Gasteiger partial charge on any atom is 0.272 e. The van der Waals surface area contributed by atoms with E-state index in [1.54, 1.807) is 41.3 Å². The molecule has 0 aliphatic carbocycles. The highest BCUT2D eigenvalue weighted by molar-refractivity contribution is 6.51. The summed E-state index contributed by atoms with van der Waals surface area (Å²) in [5.74, 6) is -0.692. The Morgan fingerprint density at radius 2 is 1.42 bits per heavy atom. The van der Waals surface area contributed by atoms with Gasteiger partial charge in [-0.15, -0.1) is 0 Å². The number of carbonyl (C=O) groups is 2. The fourth-order valence-corrected chi connectivity index (χ4v) is 2.88. The van der Waals surface area contributed by atoms with Gasteiger partial charge in [-0.3, -0.25) is 9.59 Å². The third-order valence-electron chi connectivity index (χ3n) is 4.03. The number of hydrogen-bond donors (Lipinski definition) is 1. The Morgan fingerprint density at radius 3 is 2.00 bits per heavy atom. The summed E-state index contributed by atoms with van der Waals surface area (Å²) >= 11 is 6.50. The summed E-state index contributed by atoms with van der Waals surface area (Å²) in [4.78, 5) is 27.2. The van der Waals surface area contributed by atoms with E-state index < -0.39 is 0 Å². The van der Waals surface area contributed by atoms with Crippen LogP contribution >= 0.6 is 11.6 Å². The van der Waals surface area contributed by atoms with Crippen molar-refractivity contribution in [1.29, 1.82) is 0 Å². The quantitative estimate of drug-likeness (QED) is 0.842. The highest BCUT2D eigenvalue weighted by atomic mass is 35.5. The summed E-state index contributed by atoms with van der Waals surface area (Å²) in [6.07, 6.45) is 0. The van der Waals surface area contributed by atoms with E-state index in [2.05, 4.69) is 5.32 Å². The lowest BCUT2D eigenvalue weighted by molar-refractivity contribution is -0.131. The molecule has 1 saturated heterocycles. The standard InChI is InChI=1S/C20H19ClN2O3/c21-17(15-7-3-1-4-8-15)18(20(25)23-11-13-26-14-12-23)22-19(24)16-9-5-2-6-10-16/h1-10H,11-14H2,(H,22,24)/b18-17+. The lowest BCUT2D eigenvalue weighted by Crippen LogP contribution is -2.44. The van der Waals surface area contributed by atoms with E-state index in [9.17, 15) is 9.59 Å². The second kappa shape index (κ2) is 8.65. The summed E-state index contributed by atoms with van der Waals surface area (Å²) in [5, 5.41) is 2.92. The summed E-state index contributed by atoms with van der Waals surface area (Å²) < 4.78 is 5.29. The summed E-state index contributed by atoms with van der Waals surface area (Å²) in [7, 11) is 0. The highest BCUT2D eigenvalue weighted by Crippen LogP contribution is 2.23. The van der Waals surface area contributed by atoms with Crippen molar-refractivity contribution < 1.29 is 14.3 Å². The van der Waals surface area contributed by atoms with E-state index in [4.69, 9.17) is 16.3 Å². The van der Waals surface area contributed by atoms with E-state index in [0.717, 1.165) is 0 Å². The molecular weight excluding hydrogens is 352 g/mol. The molecule has 5 nitrogen and oxygen atoms in total. The fraction of sp³-hybridized carbons (Fsp3) is 0.200. The van der Waals surface area contributed by atoms with E-state index >= 15 is 0 Å². The molecule has 134 valence electrons. The van der Waals surface area contributed by atoms with Crippen molar-refractivity contribution in [3.05, 3.63) is 77.5 Å². The van der Waals surface area contributed by atoms with Crippen LogP contribution in [-0.2, 0) is 9.53 Å². The highest BCUT2D eigenvalue weighted by Gasteiger charge is 2.25. The molecule has 1 heterocycles. The first kappa shape index (κ1) is 18.2. The SMILES string of the molecule is O=C(N/C(C(=O)N1CCOCC1)=C(/Cl)c1ccccc1)c1ccccc1. The van der Waals surface area contributed by atoms with Gasteiger partial charge in [-0.2, -0.15) is 0 Å². The van der Waals surface area contributed by atoms with Crippen LogP contribution in [0.25, 0.3) is 5.03 Å². The minimum absolute atomic E-state index is 0.0774. The zero-order valence-corrected chi connectivity index (χ0v) is 14.9. The predicted molar refractivity (Wildman–Crippen MR) is 101 cm³/mol. The first-order chi connectivity index (χ1) is 12.7. The van der Waals surface area contributed by atoms with Crippen LogP contribution in [0.15, 0.2) is 66.4 Å². The molecule has 0 aromatic heterocycles. The van der Waals surface area contributed by atoms with Crippen molar-refractivity contribution >= 4 is 28.4 Å². The van der Waals surface area contributed by atoms with Crippen molar-refractivity contribution in [3.63, 3.8) is 0 Å². The van der Waals surface area contributed by atoms with Gasteiger partial charge in [0.1, 0.15) is 5.70 Å². The van der Waals surface area contributed by atoms with Crippen molar-refractivity contribution in [2.24, 2.45) is 0 Å². The Hall–Kier alpha value is -2.63. The Labute approximate surface area is 157 Å². The summed E-state index contributed by atoms with van der Waals surface area (Å²) in [6, 6.07) is 17.8. The maximum atomic E-state index is 13.0. The number of benzene rings is 2. The van der Waals surface area contributed by atoms with Gasteiger partial charge in [0.05, 0.1) is 18.2 Å². The average molecular weight is 371 g/mol. The number of morpholine rings is 1. The maximum absolute atomic E-state index is 13.0. The monoisotopic (exact) mass is 370 g/mol. The molecule has 0 bridgehead atoms. The minimum atomic E-state index is -0.378. The summed E-state index contributed by atoms with van der Waals surface area (Å²) in [6.45, 7) is 1.86. The largest absolute Gasteiger partial charge is 0.378 e. The van der Waals surface area contributed by atoms with Crippen LogP contribution < -0.4 is 5.32 Å². The van der Waals surface area contributed by atoms with E-state index in [-0.39, 0.29) is 22.5 Å². The van der Waals surface area contributed by atoms with Crippen LogP contribution in [0.1, 0.15) is 15.9 Å². The number of halogens is 1. The zero-order chi connectivity index (χ0) is 18.4. The smallest absolute Gasteiger partial charge is 0.272 e. The van der Waals surface area contributed by atoms with Crippen LogP contribution in [0.2, 0.25) is 0 Å². The Kier molecular flexibility index (Phi) is 6.04. The molecule has 3 rings (SSSR count). The Balaban J connectivity index is 1.93. The number of hydrogen-bond acceptors (Lipinski definition) is 3. The number of ether oxygens (including phenoxy) is 1. The molecule has 1 N–H and O–H groups in total. The van der Waals surface area contributed by atoms with Gasteiger partial charge in [-0.1, -0.05) is 60.1 Å². The van der Waals surface area contributed by atoms with Gasteiger partial charge in [0.2, 0.25) is 0 Å². The van der Waals surface area contributed by atoms with Crippen molar-refractivity contribution in [3.8, 4) is 0 Å². The molecule has 2 aromatic rings. The first-order valence-corrected chi connectivity index (χ1v) is 8.73. The molecule has 2 amide bonds. The molecule has 0 saturated carbocycles. The molecule has 26 heavy (non-hydrogen) atoms. The van der Waals surface area contributed by atoms with Gasteiger partial charge in [-0.25, -0.2) is 0 Å². The molecule has 0 unspecified atom stereocenters. The molecule has 2 aromatic carbocycles. The second-order valence-electron chi connectivity index (χ2n) is 5.78. The number of amides is 2. The van der Waals surface area contributed by atoms with Gasteiger partial charge < -0.3 is 15.0 Å². The van der Waals surface area contributed by atoms with Crippen LogP contribution in [0.5, 0.6) is 0 Å². The molecule has 0 radical (unpaired) electrons. The number of nitrogens with zero attached hydrogens (tertiary/aromatic N) is 1. The zero-order valence-electron chi connectivity index (χ0n) is 14.2. The van der Waals surface area contributed by atoms with E-state index in [1.807, 2.05) is 24.3 Å². The van der Waals surface area contributed by atoms with Crippen LogP contribution in [0.3, 0.4) is 0 Å². The molecule has 1 aliphatic rings. The lowest BCUT2D eigenvalue weighted by atomic mass is 10.1. The van der Waals surface area contributed by atoms with Crippen molar-refractivity contribution in [1.82, 2.24) is 10.2 Å². The number of rotatable bonds is 4. The van der Waals surface area contributed by atoms with Gasteiger partial charge in [0, 0.05) is 18.7 Å². The third kappa shape index (κ3) is 4.31. The topological polar surface area (TPSA) is 58.6 Å². The predicted octanol–water partition coefficient (Wildman–Crippen LogP) is 2.88. The van der Waals surface area contributed by atoms with Crippen LogP contribution in [0.4, 0.5) is 0 Å². The molecule has 1 fully saturated rings. The van der Waals surface area contributed by atoms with Crippen molar-refractivity contribution in [2.75, 3.05) is 26.3 Å². The van der Waals surface area contributed by atoms with E-state index in [0.29, 0.717) is 37.4 Å². The van der Waals surface area contributed by atoms with Crippen LogP contribution in [-0.4, -0.2) is 43.0 Å². The first-order valence-electron chi connectivity index (χ1n) is 8.35. The summed E-state index contributed by atoms with van der Waals surface area (Å²) in [5.41, 5.74) is 1.20. The molecule has 0 spiro atoms. The van der Waals surface area contributed by atoms with Gasteiger partial charge >= 0.3 is 0 Å². The Morgan fingerprint density at radius 1 is 0.885 bits per heavy atom. The average Bonchev–Trinajstić information content (AvgIpc) is 2.73. The van der Waals surface area contributed by atoms with Crippen molar-refractivity contribution in [2.45, 2.75) is 0 Å². The van der Waals surface area contributed by atoms with Crippen LogP contribution in [0, 0.1) is 0 Å². The lowest BCUT2D eigenvalue weighted by Gasteiger charge is -2.28. The van der Waals surface area contributed by atoms with E-state index in [1.165, 1.54) is 0 Å². The minimum Gasteiger partial charge on any atom is -0.378 e.